The van der Waals surface area contributed by atoms with Crippen molar-refractivity contribution in [3.63, 3.8) is 0 Å². The van der Waals surface area contributed by atoms with E-state index in [1.807, 2.05) is 24.3 Å². The number of pyridine rings is 1. The molecule has 0 N–H and O–H groups in total. The van der Waals surface area contributed by atoms with Gasteiger partial charge in [0.1, 0.15) is 22.3 Å². The van der Waals surface area contributed by atoms with Gasteiger partial charge in [-0.3, -0.25) is 0 Å². The zero-order valence-electron chi connectivity index (χ0n) is 33.2. The topological polar surface area (TPSA) is 49.0 Å². The summed E-state index contributed by atoms with van der Waals surface area (Å²) < 4.78 is 17.4. The van der Waals surface area contributed by atoms with Crippen LogP contribution in [0.1, 0.15) is 0 Å². The predicted molar refractivity (Wildman–Crippen MR) is 256 cm³/mol. The highest BCUT2D eigenvalue weighted by molar-refractivity contribution is 6.20. The van der Waals surface area contributed by atoms with Gasteiger partial charge in [0.2, 0.25) is 0 Å². The predicted octanol–water partition coefficient (Wildman–Crippen LogP) is 15.6. The van der Waals surface area contributed by atoms with Crippen LogP contribution in [0.15, 0.2) is 209 Å². The van der Waals surface area contributed by atoms with E-state index in [-0.39, 0.29) is 0 Å². The van der Waals surface area contributed by atoms with Crippen LogP contribution in [0.2, 0.25) is 0 Å². The summed E-state index contributed by atoms with van der Waals surface area (Å²) >= 11 is 0. The van der Waals surface area contributed by atoms with Gasteiger partial charge in [0.25, 0.3) is 0 Å². The average Bonchev–Trinajstić information content (AvgIpc) is 4.07. The number of hydrogen-bond donors (Lipinski definition) is 0. The van der Waals surface area contributed by atoms with Gasteiger partial charge in [0.15, 0.2) is 0 Å². The molecule has 5 heteroatoms. The number of para-hydroxylation sites is 4. The van der Waals surface area contributed by atoms with Crippen molar-refractivity contribution in [2.75, 3.05) is 0 Å². The zero-order valence-corrected chi connectivity index (χ0v) is 33.2. The molecule has 5 nitrogen and oxygen atoms in total. The van der Waals surface area contributed by atoms with E-state index in [2.05, 4.69) is 185 Å². The number of benzene rings is 9. The minimum atomic E-state index is 0.858. The average molecular weight is 792 g/mol. The second kappa shape index (κ2) is 12.6. The Hall–Kier alpha value is -8.41. The van der Waals surface area contributed by atoms with Gasteiger partial charge in [-0.15, -0.1) is 0 Å². The molecule has 0 aliphatic heterocycles. The fraction of sp³-hybridized carbons (Fsp3) is 0. The second-order valence-electron chi connectivity index (χ2n) is 16.3. The smallest absolute Gasteiger partial charge is 0.135 e. The molecule has 62 heavy (non-hydrogen) atoms. The lowest BCUT2D eigenvalue weighted by Gasteiger charge is -2.14. The summed E-state index contributed by atoms with van der Waals surface area (Å²) in [6.45, 7) is 0. The lowest BCUT2D eigenvalue weighted by atomic mass is 10.0. The van der Waals surface area contributed by atoms with Crippen LogP contribution in [0.4, 0.5) is 0 Å². The molecule has 0 radical (unpaired) electrons. The van der Waals surface area contributed by atoms with Gasteiger partial charge in [-0.05, 0) is 96.4 Å². The maximum Gasteiger partial charge on any atom is 0.135 e. The molecule has 0 saturated heterocycles. The van der Waals surface area contributed by atoms with E-state index in [0.717, 1.165) is 94.3 Å². The van der Waals surface area contributed by atoms with Crippen molar-refractivity contribution in [3.8, 4) is 33.9 Å². The third-order valence-electron chi connectivity index (χ3n) is 12.9. The molecule has 0 saturated carbocycles. The quantitative estimate of drug-likeness (QED) is 0.178. The number of rotatable bonds is 4. The third-order valence-corrected chi connectivity index (χ3v) is 12.9. The Bertz CT molecular complexity index is 4040. The highest BCUT2D eigenvalue weighted by Crippen LogP contribution is 2.42. The first-order valence-corrected chi connectivity index (χ1v) is 21.0. The summed E-state index contributed by atoms with van der Waals surface area (Å²) in [5.41, 5.74) is 14.0. The fourth-order valence-electron chi connectivity index (χ4n) is 10.1. The van der Waals surface area contributed by atoms with Gasteiger partial charge in [-0.2, -0.15) is 0 Å². The van der Waals surface area contributed by atoms with Gasteiger partial charge in [0.05, 0.1) is 44.8 Å². The summed E-state index contributed by atoms with van der Waals surface area (Å²) in [6, 6.07) is 71.5. The van der Waals surface area contributed by atoms with Crippen LogP contribution in [0, 0.1) is 0 Å². The Morgan fingerprint density at radius 1 is 0.306 bits per heavy atom. The Labute approximate surface area is 353 Å². The van der Waals surface area contributed by atoms with E-state index in [1.165, 1.54) is 37.8 Å². The molecule has 0 atom stereocenters. The molecule has 0 unspecified atom stereocenters. The van der Waals surface area contributed by atoms with Crippen molar-refractivity contribution in [1.29, 1.82) is 0 Å². The summed E-state index contributed by atoms with van der Waals surface area (Å²) in [6.07, 6.45) is 0. The largest absolute Gasteiger partial charge is 0.456 e. The van der Waals surface area contributed by atoms with E-state index in [4.69, 9.17) is 13.8 Å². The van der Waals surface area contributed by atoms with Gasteiger partial charge in [-0.25, -0.2) is 4.98 Å². The summed E-state index contributed by atoms with van der Waals surface area (Å²) in [4.78, 5) is 5.47. The molecular weight excluding hydrogens is 759 g/mol. The first-order valence-electron chi connectivity index (χ1n) is 21.0. The van der Waals surface area contributed by atoms with Gasteiger partial charge < -0.3 is 18.0 Å². The Kier molecular flexibility index (Phi) is 6.77. The molecule has 9 aromatic carbocycles. The Balaban J connectivity index is 1.08. The molecule has 0 fully saturated rings. The normalized spacial score (nSPS) is 12.2. The third kappa shape index (κ3) is 4.76. The zero-order chi connectivity index (χ0) is 40.5. The van der Waals surface area contributed by atoms with E-state index in [9.17, 15) is 0 Å². The number of furan rings is 2. The molecule has 0 aliphatic rings. The van der Waals surface area contributed by atoms with Crippen LogP contribution in [0.3, 0.4) is 0 Å². The van der Waals surface area contributed by atoms with E-state index >= 15 is 0 Å². The summed E-state index contributed by atoms with van der Waals surface area (Å²) in [7, 11) is 0. The second-order valence-corrected chi connectivity index (χ2v) is 16.3. The van der Waals surface area contributed by atoms with E-state index < -0.39 is 0 Å². The van der Waals surface area contributed by atoms with Crippen molar-refractivity contribution in [2.45, 2.75) is 0 Å². The van der Waals surface area contributed by atoms with Crippen molar-refractivity contribution >= 4 is 98.3 Å². The maximum atomic E-state index is 6.27. The molecule has 14 rings (SSSR count). The van der Waals surface area contributed by atoms with E-state index in [1.54, 1.807) is 0 Å². The molecule has 5 heterocycles. The lowest BCUT2D eigenvalue weighted by molar-refractivity contribution is 0.668. The summed E-state index contributed by atoms with van der Waals surface area (Å²) in [5.74, 6) is 0. The lowest BCUT2D eigenvalue weighted by Crippen LogP contribution is -1.99. The molecule has 0 amide bonds. The van der Waals surface area contributed by atoms with Crippen LogP contribution in [0.5, 0.6) is 0 Å². The van der Waals surface area contributed by atoms with Gasteiger partial charge in [-0.1, -0.05) is 109 Å². The van der Waals surface area contributed by atoms with Crippen LogP contribution in [0.25, 0.3) is 132 Å². The molecular formula is C57H33N3O2. The number of nitrogens with zero attached hydrogens (tertiary/aromatic N) is 3. The molecule has 5 aromatic heterocycles. The minimum Gasteiger partial charge on any atom is -0.456 e. The molecule has 288 valence electrons. The number of hydrogen-bond acceptors (Lipinski definition) is 3. The van der Waals surface area contributed by atoms with Crippen molar-refractivity contribution in [2.24, 2.45) is 0 Å². The van der Waals surface area contributed by atoms with Crippen LogP contribution >= 0.6 is 0 Å². The van der Waals surface area contributed by atoms with Crippen molar-refractivity contribution < 1.29 is 8.83 Å². The maximum absolute atomic E-state index is 6.27. The minimum absolute atomic E-state index is 0.858. The van der Waals surface area contributed by atoms with Crippen LogP contribution in [-0.2, 0) is 0 Å². The highest BCUT2D eigenvalue weighted by Gasteiger charge is 2.21. The van der Waals surface area contributed by atoms with Crippen LogP contribution in [-0.4, -0.2) is 14.1 Å². The van der Waals surface area contributed by atoms with Crippen molar-refractivity contribution in [3.05, 3.63) is 200 Å². The van der Waals surface area contributed by atoms with Gasteiger partial charge >= 0.3 is 0 Å². The highest BCUT2D eigenvalue weighted by atomic mass is 16.3. The number of aromatic nitrogens is 3. The molecule has 0 bridgehead atoms. The SMILES string of the molecule is c1ccc2c(-n3c4ccccc4c4cc5c6ccccc6n(-c6cc(-c7ccc8oc9ccccc9c8c7)nc(-c7ccc8oc9ccccc9c8c7)c6)c5cc43)cccc2c1. The van der Waals surface area contributed by atoms with E-state index in [0.29, 0.717) is 0 Å². The first-order chi connectivity index (χ1) is 30.7. The molecule has 0 spiro atoms. The van der Waals surface area contributed by atoms with Crippen molar-refractivity contribution in [1.82, 2.24) is 14.1 Å². The monoisotopic (exact) mass is 791 g/mol. The Morgan fingerprint density at radius 3 is 1.42 bits per heavy atom. The molecule has 0 aliphatic carbocycles. The summed E-state index contributed by atoms with van der Waals surface area (Å²) in [5, 5.41) is 11.6. The van der Waals surface area contributed by atoms with Gasteiger partial charge in [0, 0.05) is 59.6 Å². The standard InChI is InChI=1S/C57H33N3O2/c1-2-14-38-34(12-1)13-11-21-49(38)60-51-20-8-4-16-40(51)44-32-43-39-15-3-7-19-50(39)59(52(43)33-53(44)60)37-30-47(35-24-26-56-45(28-35)41-17-5-9-22-54(41)61-56)58-48(31-37)36-25-27-57-46(29-36)42-18-6-10-23-55(42)62-57/h1-33H. The van der Waals surface area contributed by atoms with Crippen LogP contribution < -0.4 is 0 Å². The molecule has 14 aromatic rings. The fourth-order valence-corrected chi connectivity index (χ4v) is 10.1. The number of fused-ring (bicyclic) bond motifs is 13. The Morgan fingerprint density at radius 2 is 0.790 bits per heavy atom. The first kappa shape index (κ1) is 33.4.